The average Bonchev–Trinajstić information content (AvgIpc) is 3.05. The van der Waals surface area contributed by atoms with Gasteiger partial charge in [0, 0.05) is 16.8 Å². The Morgan fingerprint density at radius 2 is 2.00 bits per heavy atom. The molecule has 2 aromatic heterocycles. The number of aromatic nitrogens is 1. The van der Waals surface area contributed by atoms with Crippen LogP contribution in [0.2, 0.25) is 0 Å². The lowest BCUT2D eigenvalue weighted by Crippen LogP contribution is -2.15. The molecule has 4 nitrogen and oxygen atoms in total. The van der Waals surface area contributed by atoms with Crippen molar-refractivity contribution >= 4 is 33.8 Å². The number of fused-ring (bicyclic) bond motifs is 1. The summed E-state index contributed by atoms with van der Waals surface area (Å²) >= 11 is 1.55. The summed E-state index contributed by atoms with van der Waals surface area (Å²) in [5.74, 6) is 0.581. The number of amides is 1. The summed E-state index contributed by atoms with van der Waals surface area (Å²) in [5.41, 5.74) is 3.06. The van der Waals surface area contributed by atoms with Gasteiger partial charge in [0.2, 0.25) is 5.88 Å². The van der Waals surface area contributed by atoms with Gasteiger partial charge in [-0.3, -0.25) is 4.79 Å². The third-order valence-electron chi connectivity index (χ3n) is 3.71. The predicted octanol–water partition coefficient (Wildman–Crippen LogP) is 4.68. The highest BCUT2D eigenvalue weighted by Crippen LogP contribution is 2.29. The van der Waals surface area contributed by atoms with Gasteiger partial charge in [0.25, 0.3) is 5.91 Å². The quantitative estimate of drug-likeness (QED) is 0.757. The number of anilines is 1. The highest BCUT2D eigenvalue weighted by Gasteiger charge is 2.19. The van der Waals surface area contributed by atoms with E-state index in [1.807, 2.05) is 35.0 Å². The Kier molecular flexibility index (Phi) is 4.30. The van der Waals surface area contributed by atoms with E-state index in [4.69, 9.17) is 4.74 Å². The van der Waals surface area contributed by atoms with E-state index >= 15 is 0 Å². The van der Waals surface area contributed by atoms with Crippen LogP contribution in [-0.4, -0.2) is 18.0 Å². The van der Waals surface area contributed by atoms with E-state index in [1.165, 1.54) is 0 Å². The van der Waals surface area contributed by atoms with Crippen LogP contribution >= 0.6 is 11.3 Å². The standard InChI is InChI=1S/C18H18N2O2S/c1-11(2)14-6-4-12-5-7-15(22-3)20-17(12)16(14)18(21)19-13-8-9-23-10-13/h4-11H,1-3H3,(H,19,21). The molecular weight excluding hydrogens is 308 g/mol. The average molecular weight is 326 g/mol. The summed E-state index contributed by atoms with van der Waals surface area (Å²) in [5, 5.41) is 7.72. The molecule has 0 saturated heterocycles. The Balaban J connectivity index is 2.17. The van der Waals surface area contributed by atoms with Crippen molar-refractivity contribution in [2.75, 3.05) is 12.4 Å². The molecule has 23 heavy (non-hydrogen) atoms. The van der Waals surface area contributed by atoms with Crippen LogP contribution in [0.4, 0.5) is 5.69 Å². The van der Waals surface area contributed by atoms with Gasteiger partial charge in [-0.05, 0) is 29.0 Å². The van der Waals surface area contributed by atoms with Crippen LogP contribution < -0.4 is 10.1 Å². The fourth-order valence-electron chi connectivity index (χ4n) is 2.55. The van der Waals surface area contributed by atoms with E-state index in [9.17, 15) is 4.79 Å². The molecule has 0 aliphatic rings. The molecule has 0 saturated carbocycles. The summed E-state index contributed by atoms with van der Waals surface area (Å²) in [6, 6.07) is 9.61. The first-order valence-corrected chi connectivity index (χ1v) is 8.35. The van der Waals surface area contributed by atoms with E-state index in [0.717, 1.165) is 16.6 Å². The van der Waals surface area contributed by atoms with Crippen LogP contribution in [0.15, 0.2) is 41.1 Å². The van der Waals surface area contributed by atoms with Crippen molar-refractivity contribution in [3.8, 4) is 5.88 Å². The number of carbonyl (C=O) groups excluding carboxylic acids is 1. The molecule has 3 rings (SSSR count). The number of benzene rings is 1. The van der Waals surface area contributed by atoms with Gasteiger partial charge in [0.1, 0.15) is 0 Å². The Hall–Kier alpha value is -2.40. The normalized spacial score (nSPS) is 11.0. The Bertz CT molecular complexity index is 842. The van der Waals surface area contributed by atoms with Crippen molar-refractivity contribution in [3.63, 3.8) is 0 Å². The van der Waals surface area contributed by atoms with Gasteiger partial charge in [-0.2, -0.15) is 11.3 Å². The first-order chi connectivity index (χ1) is 11.1. The minimum Gasteiger partial charge on any atom is -0.481 e. The van der Waals surface area contributed by atoms with Crippen molar-refractivity contribution in [1.82, 2.24) is 4.98 Å². The number of carbonyl (C=O) groups is 1. The van der Waals surface area contributed by atoms with Gasteiger partial charge >= 0.3 is 0 Å². The zero-order valence-electron chi connectivity index (χ0n) is 13.3. The largest absolute Gasteiger partial charge is 0.481 e. The predicted molar refractivity (Wildman–Crippen MR) is 94.7 cm³/mol. The van der Waals surface area contributed by atoms with Gasteiger partial charge in [0.05, 0.1) is 23.9 Å². The summed E-state index contributed by atoms with van der Waals surface area (Å²) in [4.78, 5) is 17.4. The van der Waals surface area contributed by atoms with E-state index in [2.05, 4.69) is 24.1 Å². The molecule has 0 aliphatic heterocycles. The minimum atomic E-state index is -0.140. The first kappa shape index (κ1) is 15.5. The summed E-state index contributed by atoms with van der Waals surface area (Å²) in [6.07, 6.45) is 0. The topological polar surface area (TPSA) is 51.2 Å². The smallest absolute Gasteiger partial charge is 0.258 e. The molecule has 0 bridgehead atoms. The number of ether oxygens (including phenoxy) is 1. The summed E-state index contributed by atoms with van der Waals surface area (Å²) in [6.45, 7) is 4.14. The van der Waals surface area contributed by atoms with Gasteiger partial charge in [0.15, 0.2) is 0 Å². The summed E-state index contributed by atoms with van der Waals surface area (Å²) in [7, 11) is 1.57. The second-order valence-corrected chi connectivity index (χ2v) is 6.36. The molecule has 5 heteroatoms. The number of pyridine rings is 1. The van der Waals surface area contributed by atoms with Gasteiger partial charge in [-0.15, -0.1) is 0 Å². The maximum atomic E-state index is 12.9. The monoisotopic (exact) mass is 326 g/mol. The molecule has 0 atom stereocenters. The number of rotatable bonds is 4. The zero-order chi connectivity index (χ0) is 16.4. The number of hydrogen-bond acceptors (Lipinski definition) is 4. The lowest BCUT2D eigenvalue weighted by molar-refractivity contribution is 0.102. The fraction of sp³-hybridized carbons (Fsp3) is 0.222. The van der Waals surface area contributed by atoms with Gasteiger partial charge < -0.3 is 10.1 Å². The first-order valence-electron chi connectivity index (χ1n) is 7.41. The second kappa shape index (κ2) is 6.38. The molecular formula is C18H18N2O2S. The van der Waals surface area contributed by atoms with Crippen LogP contribution in [-0.2, 0) is 0 Å². The Morgan fingerprint density at radius 1 is 1.22 bits per heavy atom. The van der Waals surface area contributed by atoms with Crippen LogP contribution in [0, 0.1) is 0 Å². The Morgan fingerprint density at radius 3 is 2.65 bits per heavy atom. The Labute approximate surface area is 139 Å². The maximum absolute atomic E-state index is 12.9. The van der Waals surface area contributed by atoms with Crippen LogP contribution in [0.25, 0.3) is 10.9 Å². The minimum absolute atomic E-state index is 0.140. The van der Waals surface area contributed by atoms with E-state index in [0.29, 0.717) is 17.0 Å². The lowest BCUT2D eigenvalue weighted by atomic mass is 9.94. The molecule has 0 radical (unpaired) electrons. The molecule has 3 aromatic rings. The number of methoxy groups -OCH3 is 1. The van der Waals surface area contributed by atoms with Crippen molar-refractivity contribution < 1.29 is 9.53 Å². The molecule has 1 amide bonds. The second-order valence-electron chi connectivity index (χ2n) is 5.58. The summed E-state index contributed by atoms with van der Waals surface area (Å²) < 4.78 is 5.22. The van der Waals surface area contributed by atoms with Crippen molar-refractivity contribution in [2.24, 2.45) is 0 Å². The molecule has 118 valence electrons. The maximum Gasteiger partial charge on any atom is 0.258 e. The zero-order valence-corrected chi connectivity index (χ0v) is 14.1. The highest BCUT2D eigenvalue weighted by atomic mass is 32.1. The van der Waals surface area contributed by atoms with E-state index in [1.54, 1.807) is 24.5 Å². The molecule has 0 spiro atoms. The van der Waals surface area contributed by atoms with Crippen molar-refractivity contribution in [3.05, 3.63) is 52.2 Å². The number of nitrogens with zero attached hydrogens (tertiary/aromatic N) is 1. The molecule has 0 unspecified atom stereocenters. The number of thiophene rings is 1. The lowest BCUT2D eigenvalue weighted by Gasteiger charge is -2.15. The highest BCUT2D eigenvalue weighted by molar-refractivity contribution is 7.08. The molecule has 0 fully saturated rings. The SMILES string of the molecule is COc1ccc2ccc(C(C)C)c(C(=O)Nc3ccsc3)c2n1. The van der Waals surface area contributed by atoms with Crippen molar-refractivity contribution in [1.29, 1.82) is 0 Å². The van der Waals surface area contributed by atoms with Crippen LogP contribution in [0.1, 0.15) is 35.7 Å². The van der Waals surface area contributed by atoms with Gasteiger partial charge in [-0.25, -0.2) is 4.98 Å². The van der Waals surface area contributed by atoms with Crippen LogP contribution in [0.3, 0.4) is 0 Å². The molecule has 1 N–H and O–H groups in total. The fourth-order valence-corrected chi connectivity index (χ4v) is 3.14. The third kappa shape index (κ3) is 3.05. The van der Waals surface area contributed by atoms with E-state index in [-0.39, 0.29) is 11.8 Å². The number of nitrogens with one attached hydrogen (secondary N) is 1. The molecule has 2 heterocycles. The van der Waals surface area contributed by atoms with E-state index < -0.39 is 0 Å². The van der Waals surface area contributed by atoms with Gasteiger partial charge in [-0.1, -0.05) is 26.0 Å². The molecule has 1 aromatic carbocycles. The van der Waals surface area contributed by atoms with Crippen LogP contribution in [0.5, 0.6) is 5.88 Å². The third-order valence-corrected chi connectivity index (χ3v) is 4.39. The number of hydrogen-bond donors (Lipinski definition) is 1. The molecule has 0 aliphatic carbocycles. The van der Waals surface area contributed by atoms with Crippen molar-refractivity contribution in [2.45, 2.75) is 19.8 Å².